The number of nitrogens with zero attached hydrogens (tertiary/aromatic N) is 2. The fourth-order valence-electron chi connectivity index (χ4n) is 0.723. The Bertz CT molecular complexity index is 367. The summed E-state index contributed by atoms with van der Waals surface area (Å²) in [5, 5.41) is 8.75. The molecule has 0 amide bonds. The van der Waals surface area contributed by atoms with E-state index in [1.54, 1.807) is 45.8 Å². The highest BCUT2D eigenvalue weighted by molar-refractivity contribution is 7.96. The molecule has 0 saturated carbocycles. The predicted octanol–water partition coefficient (Wildman–Crippen LogP) is 1.13. The van der Waals surface area contributed by atoms with Gasteiger partial charge >= 0.3 is 0 Å². The minimum atomic E-state index is -3.53. The second-order valence-corrected chi connectivity index (χ2v) is 6.86. The maximum atomic E-state index is 11.8. The van der Waals surface area contributed by atoms with E-state index in [2.05, 4.69) is 0 Å². The molecular formula is C9H16N2O2S. The molecule has 0 atom stereocenters. The minimum absolute atomic E-state index is 0.199. The summed E-state index contributed by atoms with van der Waals surface area (Å²) in [5.74, 6) is 0. The van der Waals surface area contributed by atoms with Gasteiger partial charge in [-0.3, -0.25) is 0 Å². The Morgan fingerprint density at radius 1 is 1.36 bits per heavy atom. The van der Waals surface area contributed by atoms with E-state index in [9.17, 15) is 8.42 Å². The van der Waals surface area contributed by atoms with Crippen molar-refractivity contribution in [2.45, 2.75) is 25.5 Å². The van der Waals surface area contributed by atoms with Crippen LogP contribution in [0.15, 0.2) is 11.1 Å². The molecule has 5 heteroatoms. The van der Waals surface area contributed by atoms with Crippen LogP contribution in [0.1, 0.15) is 20.8 Å². The second-order valence-electron chi connectivity index (χ2n) is 4.18. The van der Waals surface area contributed by atoms with Gasteiger partial charge in [0, 0.05) is 20.3 Å². The van der Waals surface area contributed by atoms with E-state index in [1.165, 1.54) is 6.20 Å². The number of hydrogen-bond donors (Lipinski definition) is 0. The molecule has 0 N–H and O–H groups in total. The van der Waals surface area contributed by atoms with Crippen LogP contribution >= 0.6 is 0 Å². The molecule has 0 aromatic rings. The molecule has 0 radical (unpaired) electrons. The van der Waals surface area contributed by atoms with Gasteiger partial charge in [0.15, 0.2) is 14.7 Å². The van der Waals surface area contributed by atoms with E-state index < -0.39 is 14.6 Å². The van der Waals surface area contributed by atoms with Crippen LogP contribution in [0.25, 0.3) is 0 Å². The van der Waals surface area contributed by atoms with E-state index >= 15 is 0 Å². The van der Waals surface area contributed by atoms with Crippen molar-refractivity contribution in [3.8, 4) is 6.07 Å². The molecule has 0 fully saturated rings. The SMILES string of the molecule is CN(C)/C=C(\C#N)S(=O)(=O)C(C)(C)C. The third-order valence-electron chi connectivity index (χ3n) is 1.58. The summed E-state index contributed by atoms with van der Waals surface area (Å²) in [6.07, 6.45) is 1.32. The van der Waals surface area contributed by atoms with Gasteiger partial charge in [-0.15, -0.1) is 0 Å². The van der Waals surface area contributed by atoms with E-state index in [1.807, 2.05) is 0 Å². The molecule has 14 heavy (non-hydrogen) atoms. The molecule has 0 unspecified atom stereocenters. The molecule has 0 heterocycles. The van der Waals surface area contributed by atoms with Gasteiger partial charge in [-0.1, -0.05) is 0 Å². The van der Waals surface area contributed by atoms with Crippen molar-refractivity contribution in [1.82, 2.24) is 4.90 Å². The zero-order valence-electron chi connectivity index (χ0n) is 9.20. The van der Waals surface area contributed by atoms with Gasteiger partial charge in [-0.2, -0.15) is 5.26 Å². The van der Waals surface area contributed by atoms with Crippen LogP contribution in [-0.2, 0) is 9.84 Å². The molecule has 0 rings (SSSR count). The van der Waals surface area contributed by atoms with Gasteiger partial charge in [-0.25, -0.2) is 8.42 Å². The van der Waals surface area contributed by atoms with Crippen LogP contribution in [0.5, 0.6) is 0 Å². The Hall–Kier alpha value is -1.02. The first-order chi connectivity index (χ1) is 6.13. The van der Waals surface area contributed by atoms with Crippen molar-refractivity contribution in [2.75, 3.05) is 14.1 Å². The molecule has 4 nitrogen and oxygen atoms in total. The first-order valence-electron chi connectivity index (χ1n) is 4.16. The number of sulfone groups is 1. The molecule has 0 aromatic heterocycles. The summed E-state index contributed by atoms with van der Waals surface area (Å²) >= 11 is 0. The monoisotopic (exact) mass is 216 g/mol. The van der Waals surface area contributed by atoms with Gasteiger partial charge < -0.3 is 4.90 Å². The standard InChI is InChI=1S/C9H16N2O2S/c1-9(2,3)14(12,13)8(6-10)7-11(4)5/h7H,1-5H3/b8-7+. The van der Waals surface area contributed by atoms with Crippen molar-refractivity contribution in [1.29, 1.82) is 5.26 Å². The number of nitriles is 1. The van der Waals surface area contributed by atoms with Crippen molar-refractivity contribution in [3.05, 3.63) is 11.1 Å². The van der Waals surface area contributed by atoms with Crippen LogP contribution in [0.4, 0.5) is 0 Å². The summed E-state index contributed by atoms with van der Waals surface area (Å²) in [6.45, 7) is 4.72. The lowest BCUT2D eigenvalue weighted by molar-refractivity contribution is 0.551. The zero-order chi connectivity index (χ0) is 11.6. The maximum Gasteiger partial charge on any atom is 0.194 e. The lowest BCUT2D eigenvalue weighted by Crippen LogP contribution is -2.29. The molecule has 80 valence electrons. The summed E-state index contributed by atoms with van der Waals surface area (Å²) in [6, 6.07) is 1.71. The number of rotatable bonds is 2. The topological polar surface area (TPSA) is 61.2 Å². The van der Waals surface area contributed by atoms with Crippen LogP contribution in [0, 0.1) is 11.3 Å². The molecule has 0 spiro atoms. The van der Waals surface area contributed by atoms with Crippen molar-refractivity contribution < 1.29 is 8.42 Å². The molecule has 0 aliphatic rings. The predicted molar refractivity (Wildman–Crippen MR) is 56.1 cm³/mol. The van der Waals surface area contributed by atoms with Gasteiger partial charge in [0.2, 0.25) is 0 Å². The second kappa shape index (κ2) is 4.01. The Balaban J connectivity index is 5.42. The Morgan fingerprint density at radius 3 is 2.00 bits per heavy atom. The van der Waals surface area contributed by atoms with Crippen LogP contribution in [0.3, 0.4) is 0 Å². The first kappa shape index (κ1) is 13.0. The molecule has 0 aliphatic heterocycles. The molecule has 0 bridgehead atoms. The molecule has 0 aliphatic carbocycles. The largest absolute Gasteiger partial charge is 0.382 e. The van der Waals surface area contributed by atoms with Crippen molar-refractivity contribution in [3.63, 3.8) is 0 Å². The average Bonchev–Trinajstić information content (AvgIpc) is 1.97. The van der Waals surface area contributed by atoms with Crippen LogP contribution < -0.4 is 0 Å². The maximum absolute atomic E-state index is 11.8. The highest BCUT2D eigenvalue weighted by Gasteiger charge is 2.33. The van der Waals surface area contributed by atoms with Gasteiger partial charge in [0.25, 0.3) is 0 Å². The minimum Gasteiger partial charge on any atom is -0.382 e. The lowest BCUT2D eigenvalue weighted by atomic mass is 10.3. The summed E-state index contributed by atoms with van der Waals surface area (Å²) in [5.41, 5.74) is 0. The summed E-state index contributed by atoms with van der Waals surface area (Å²) in [4.78, 5) is 1.34. The summed E-state index contributed by atoms with van der Waals surface area (Å²) < 4.78 is 22.7. The smallest absolute Gasteiger partial charge is 0.194 e. The Morgan fingerprint density at radius 2 is 1.79 bits per heavy atom. The number of hydrogen-bond acceptors (Lipinski definition) is 4. The fraction of sp³-hybridized carbons (Fsp3) is 0.667. The molecule has 0 saturated heterocycles. The number of allylic oxidation sites excluding steroid dienone is 1. The van der Waals surface area contributed by atoms with Crippen LogP contribution in [0.2, 0.25) is 0 Å². The van der Waals surface area contributed by atoms with E-state index in [4.69, 9.17) is 5.26 Å². The van der Waals surface area contributed by atoms with Gasteiger partial charge in [-0.05, 0) is 20.8 Å². The van der Waals surface area contributed by atoms with Crippen molar-refractivity contribution >= 4 is 9.84 Å². The van der Waals surface area contributed by atoms with Gasteiger partial charge in [0.05, 0.1) is 4.75 Å². The highest BCUT2D eigenvalue weighted by atomic mass is 32.2. The normalized spacial score (nSPS) is 13.6. The van der Waals surface area contributed by atoms with E-state index in [-0.39, 0.29) is 4.91 Å². The average molecular weight is 216 g/mol. The third-order valence-corrected chi connectivity index (χ3v) is 3.97. The third kappa shape index (κ3) is 2.74. The fourth-order valence-corrected chi connectivity index (χ4v) is 1.85. The van der Waals surface area contributed by atoms with Crippen LogP contribution in [-0.4, -0.2) is 32.2 Å². The quantitative estimate of drug-likeness (QED) is 0.649. The molecule has 0 aromatic carbocycles. The zero-order valence-corrected chi connectivity index (χ0v) is 10.0. The highest BCUT2D eigenvalue weighted by Crippen LogP contribution is 2.22. The van der Waals surface area contributed by atoms with E-state index in [0.717, 1.165) is 0 Å². The van der Waals surface area contributed by atoms with Crippen molar-refractivity contribution in [2.24, 2.45) is 0 Å². The lowest BCUT2D eigenvalue weighted by Gasteiger charge is -2.19. The Labute approximate surface area is 85.7 Å². The Kier molecular flexibility index (Phi) is 3.72. The summed E-state index contributed by atoms with van der Waals surface area (Å²) in [7, 11) is -0.173. The molecular weight excluding hydrogens is 200 g/mol. The van der Waals surface area contributed by atoms with Gasteiger partial charge in [0.1, 0.15) is 6.07 Å². The van der Waals surface area contributed by atoms with E-state index in [0.29, 0.717) is 0 Å². The first-order valence-corrected chi connectivity index (χ1v) is 5.64.